The van der Waals surface area contributed by atoms with E-state index in [2.05, 4.69) is 25.6 Å². The average Bonchev–Trinajstić information content (AvgIpc) is 2.67. The quantitative estimate of drug-likeness (QED) is 0.711. The van der Waals surface area contributed by atoms with Crippen LogP contribution in [0.2, 0.25) is 0 Å². The van der Waals surface area contributed by atoms with Crippen LogP contribution in [-0.4, -0.2) is 28.0 Å². The number of pyridine rings is 1. The minimum absolute atomic E-state index is 0.261. The summed E-state index contributed by atoms with van der Waals surface area (Å²) < 4.78 is 5.28. The van der Waals surface area contributed by atoms with Crippen LogP contribution in [0.25, 0.3) is 0 Å². The van der Waals surface area contributed by atoms with E-state index >= 15 is 0 Å². The van der Waals surface area contributed by atoms with Crippen molar-refractivity contribution < 1.29 is 9.53 Å². The molecule has 0 aliphatic heterocycles. The van der Waals surface area contributed by atoms with Crippen molar-refractivity contribution >= 4 is 17.5 Å². The number of carbonyl (C=O) groups excluding carboxylic acids is 1. The molecule has 0 saturated heterocycles. The second kappa shape index (κ2) is 8.06. The lowest BCUT2D eigenvalue weighted by Crippen LogP contribution is -2.16. The van der Waals surface area contributed by atoms with Crippen LogP contribution in [-0.2, 0) is 6.54 Å². The van der Waals surface area contributed by atoms with Gasteiger partial charge in [0.2, 0.25) is 5.95 Å². The van der Waals surface area contributed by atoms with Gasteiger partial charge in [0.05, 0.1) is 12.8 Å². The minimum atomic E-state index is -0.333. The summed E-state index contributed by atoms with van der Waals surface area (Å²) in [5, 5.41) is 5.91. The van der Waals surface area contributed by atoms with Crippen LogP contribution in [0.4, 0.5) is 11.6 Å². The van der Waals surface area contributed by atoms with Gasteiger partial charge in [0, 0.05) is 25.1 Å². The zero-order valence-corrected chi connectivity index (χ0v) is 14.6. The molecular formula is C19H19N5O2. The molecule has 3 aromatic rings. The van der Waals surface area contributed by atoms with Gasteiger partial charge in [-0.1, -0.05) is 12.1 Å². The monoisotopic (exact) mass is 349 g/mol. The van der Waals surface area contributed by atoms with Crippen molar-refractivity contribution in [3.8, 4) is 5.75 Å². The van der Waals surface area contributed by atoms with Gasteiger partial charge in [0.1, 0.15) is 11.4 Å². The molecule has 0 bridgehead atoms. The van der Waals surface area contributed by atoms with E-state index in [9.17, 15) is 4.79 Å². The number of hydrogen-bond acceptors (Lipinski definition) is 6. The summed E-state index contributed by atoms with van der Waals surface area (Å²) >= 11 is 0. The number of anilines is 2. The third-order valence-corrected chi connectivity index (χ3v) is 3.66. The SMILES string of the molecule is COc1ccc(C)cc1NC(=O)c1ccnc(NCc2cccnc2)n1. The van der Waals surface area contributed by atoms with E-state index in [1.165, 1.54) is 0 Å². The topological polar surface area (TPSA) is 89.0 Å². The second-order valence-electron chi connectivity index (χ2n) is 5.64. The molecule has 7 heteroatoms. The maximum absolute atomic E-state index is 12.5. The van der Waals surface area contributed by atoms with Crippen molar-refractivity contribution in [2.75, 3.05) is 17.7 Å². The maximum atomic E-state index is 12.5. The summed E-state index contributed by atoms with van der Waals surface area (Å²) in [4.78, 5) is 25.0. The van der Waals surface area contributed by atoms with Gasteiger partial charge in [-0.05, 0) is 42.3 Å². The summed E-state index contributed by atoms with van der Waals surface area (Å²) in [5.74, 6) is 0.631. The second-order valence-corrected chi connectivity index (χ2v) is 5.64. The van der Waals surface area contributed by atoms with E-state index < -0.39 is 0 Å². The molecular weight excluding hydrogens is 330 g/mol. The molecule has 2 heterocycles. The highest BCUT2D eigenvalue weighted by Gasteiger charge is 2.12. The standard InChI is InChI=1S/C19H19N5O2/c1-13-5-6-17(26-2)16(10-13)23-18(25)15-7-9-21-19(24-15)22-12-14-4-3-8-20-11-14/h3-11H,12H2,1-2H3,(H,23,25)(H,21,22,24). The summed E-state index contributed by atoms with van der Waals surface area (Å²) in [6, 6.07) is 10.9. The fourth-order valence-corrected chi connectivity index (χ4v) is 2.36. The minimum Gasteiger partial charge on any atom is -0.495 e. The number of rotatable bonds is 6. The van der Waals surface area contributed by atoms with Gasteiger partial charge in [-0.15, -0.1) is 0 Å². The van der Waals surface area contributed by atoms with E-state index in [0.29, 0.717) is 23.9 Å². The lowest BCUT2D eigenvalue weighted by molar-refractivity contribution is 0.102. The number of amides is 1. The molecule has 0 saturated carbocycles. The predicted molar refractivity (Wildman–Crippen MR) is 99.3 cm³/mol. The first kappa shape index (κ1) is 17.3. The van der Waals surface area contributed by atoms with Crippen LogP contribution in [0.15, 0.2) is 55.0 Å². The Hall–Kier alpha value is -3.48. The lowest BCUT2D eigenvalue weighted by Gasteiger charge is -2.11. The fraction of sp³-hybridized carbons (Fsp3) is 0.158. The van der Waals surface area contributed by atoms with Gasteiger partial charge in [-0.25, -0.2) is 9.97 Å². The Bertz CT molecular complexity index is 899. The lowest BCUT2D eigenvalue weighted by atomic mass is 10.2. The molecule has 2 N–H and O–H groups in total. The molecule has 0 atom stereocenters. The number of hydrogen-bond donors (Lipinski definition) is 2. The van der Waals surface area contributed by atoms with Crippen molar-refractivity contribution in [1.29, 1.82) is 0 Å². The zero-order chi connectivity index (χ0) is 18.4. The van der Waals surface area contributed by atoms with Gasteiger partial charge >= 0.3 is 0 Å². The molecule has 0 spiro atoms. The molecule has 0 unspecified atom stereocenters. The van der Waals surface area contributed by atoms with Crippen LogP contribution in [0, 0.1) is 6.92 Å². The molecule has 2 aromatic heterocycles. The molecule has 1 aromatic carbocycles. The first-order valence-electron chi connectivity index (χ1n) is 8.07. The number of aryl methyl sites for hydroxylation is 1. The smallest absolute Gasteiger partial charge is 0.274 e. The largest absolute Gasteiger partial charge is 0.495 e. The normalized spacial score (nSPS) is 10.2. The molecule has 3 rings (SSSR count). The Balaban J connectivity index is 1.71. The molecule has 7 nitrogen and oxygen atoms in total. The number of carbonyl (C=O) groups is 1. The first-order valence-corrected chi connectivity index (χ1v) is 8.07. The molecule has 0 aliphatic rings. The van der Waals surface area contributed by atoms with Crippen LogP contribution in [0.3, 0.4) is 0 Å². The van der Waals surface area contributed by atoms with E-state index in [1.807, 2.05) is 37.3 Å². The number of aromatic nitrogens is 3. The number of methoxy groups -OCH3 is 1. The highest BCUT2D eigenvalue weighted by Crippen LogP contribution is 2.25. The average molecular weight is 349 g/mol. The zero-order valence-electron chi connectivity index (χ0n) is 14.6. The van der Waals surface area contributed by atoms with E-state index in [1.54, 1.807) is 31.8 Å². The first-order chi connectivity index (χ1) is 12.7. The van der Waals surface area contributed by atoms with Crippen molar-refractivity contribution in [2.45, 2.75) is 13.5 Å². The summed E-state index contributed by atoms with van der Waals surface area (Å²) in [5.41, 5.74) is 2.87. The van der Waals surface area contributed by atoms with Crippen LogP contribution >= 0.6 is 0 Å². The molecule has 0 aliphatic carbocycles. The molecule has 0 fully saturated rings. The number of nitrogens with one attached hydrogen (secondary N) is 2. The van der Waals surface area contributed by atoms with E-state index in [4.69, 9.17) is 4.74 Å². The van der Waals surface area contributed by atoms with Crippen LogP contribution < -0.4 is 15.4 Å². The van der Waals surface area contributed by atoms with Crippen LogP contribution in [0.1, 0.15) is 21.6 Å². The summed E-state index contributed by atoms with van der Waals surface area (Å²) in [6.45, 7) is 2.46. The Labute approximate surface area is 151 Å². The number of nitrogens with zero attached hydrogens (tertiary/aromatic N) is 3. The van der Waals surface area contributed by atoms with Gasteiger partial charge < -0.3 is 15.4 Å². The molecule has 132 valence electrons. The van der Waals surface area contributed by atoms with Gasteiger partial charge in [-0.3, -0.25) is 9.78 Å². The molecule has 1 amide bonds. The molecule has 26 heavy (non-hydrogen) atoms. The van der Waals surface area contributed by atoms with Crippen LogP contribution in [0.5, 0.6) is 5.75 Å². The fourth-order valence-electron chi connectivity index (χ4n) is 2.36. The van der Waals surface area contributed by atoms with Gasteiger partial charge in [0.25, 0.3) is 5.91 Å². The summed E-state index contributed by atoms with van der Waals surface area (Å²) in [6.07, 6.45) is 5.01. The Morgan fingerprint density at radius 3 is 2.85 bits per heavy atom. The van der Waals surface area contributed by atoms with Crippen molar-refractivity contribution in [3.05, 3.63) is 71.8 Å². The number of benzene rings is 1. The molecule has 0 radical (unpaired) electrons. The Morgan fingerprint density at radius 1 is 1.19 bits per heavy atom. The third-order valence-electron chi connectivity index (χ3n) is 3.66. The predicted octanol–water partition coefficient (Wildman–Crippen LogP) is 3.05. The van der Waals surface area contributed by atoms with Crippen molar-refractivity contribution in [1.82, 2.24) is 15.0 Å². The maximum Gasteiger partial charge on any atom is 0.274 e. The third kappa shape index (κ3) is 4.32. The highest BCUT2D eigenvalue weighted by molar-refractivity contribution is 6.03. The Kier molecular flexibility index (Phi) is 5.38. The highest BCUT2D eigenvalue weighted by atomic mass is 16.5. The van der Waals surface area contributed by atoms with Crippen molar-refractivity contribution in [2.24, 2.45) is 0 Å². The van der Waals surface area contributed by atoms with Crippen molar-refractivity contribution in [3.63, 3.8) is 0 Å². The Morgan fingerprint density at radius 2 is 2.08 bits per heavy atom. The van der Waals surface area contributed by atoms with E-state index in [-0.39, 0.29) is 11.6 Å². The summed E-state index contributed by atoms with van der Waals surface area (Å²) in [7, 11) is 1.56. The van der Waals surface area contributed by atoms with E-state index in [0.717, 1.165) is 11.1 Å². The van der Waals surface area contributed by atoms with Gasteiger partial charge in [0.15, 0.2) is 0 Å². The number of ether oxygens (including phenoxy) is 1. The van der Waals surface area contributed by atoms with Gasteiger partial charge in [-0.2, -0.15) is 0 Å².